The Morgan fingerprint density at radius 3 is 2.50 bits per heavy atom. The number of amides is 3. The van der Waals surface area contributed by atoms with E-state index in [1.54, 1.807) is 21.0 Å². The number of carboxylic acids is 1. The van der Waals surface area contributed by atoms with Crippen molar-refractivity contribution in [3.63, 3.8) is 0 Å². The molecule has 1 saturated heterocycles. The Labute approximate surface area is 117 Å². The Morgan fingerprint density at radius 2 is 2.00 bits per heavy atom. The van der Waals surface area contributed by atoms with Gasteiger partial charge in [-0.25, -0.2) is 9.59 Å². The van der Waals surface area contributed by atoms with Crippen LogP contribution in [0.5, 0.6) is 0 Å². The molecule has 3 N–H and O–H groups in total. The molecule has 0 aliphatic carbocycles. The highest BCUT2D eigenvalue weighted by Gasteiger charge is 2.30. The summed E-state index contributed by atoms with van der Waals surface area (Å²) in [5, 5.41) is 13.8. The summed E-state index contributed by atoms with van der Waals surface area (Å²) in [7, 11) is 3.22. The molecule has 1 heterocycles. The summed E-state index contributed by atoms with van der Waals surface area (Å²) in [5.74, 6) is -1.19. The lowest BCUT2D eigenvalue weighted by Crippen LogP contribution is -2.49. The molecule has 8 nitrogen and oxygen atoms in total. The fourth-order valence-corrected chi connectivity index (χ4v) is 1.94. The quantitative estimate of drug-likeness (QED) is 0.625. The average molecular weight is 287 g/mol. The fourth-order valence-electron chi connectivity index (χ4n) is 1.94. The molecular weight excluding hydrogens is 266 g/mol. The van der Waals surface area contributed by atoms with E-state index in [0.717, 1.165) is 0 Å². The smallest absolute Gasteiger partial charge is 0.332 e. The molecule has 1 fully saturated rings. The molecule has 3 atom stereocenters. The van der Waals surface area contributed by atoms with E-state index in [-0.39, 0.29) is 18.6 Å². The third-order valence-electron chi connectivity index (χ3n) is 3.03. The van der Waals surface area contributed by atoms with Crippen LogP contribution in [-0.2, 0) is 14.3 Å². The molecule has 1 aliphatic rings. The maximum absolute atomic E-state index is 11.6. The molecule has 0 aromatic heterocycles. The van der Waals surface area contributed by atoms with Crippen LogP contribution in [0.3, 0.4) is 0 Å². The normalized spacial score (nSPS) is 22.9. The zero-order chi connectivity index (χ0) is 15.3. The Hall–Kier alpha value is -1.83. The van der Waals surface area contributed by atoms with Gasteiger partial charge in [-0.05, 0) is 19.8 Å². The van der Waals surface area contributed by atoms with Crippen molar-refractivity contribution >= 4 is 17.9 Å². The van der Waals surface area contributed by atoms with Crippen LogP contribution in [0.2, 0.25) is 0 Å². The second-order valence-electron chi connectivity index (χ2n) is 4.97. The first kappa shape index (κ1) is 16.2. The molecule has 1 aliphatic heterocycles. The van der Waals surface area contributed by atoms with Gasteiger partial charge >= 0.3 is 12.0 Å². The zero-order valence-corrected chi connectivity index (χ0v) is 11.9. The molecule has 114 valence electrons. The third kappa shape index (κ3) is 4.69. The van der Waals surface area contributed by atoms with Gasteiger partial charge in [-0.15, -0.1) is 0 Å². The largest absolute Gasteiger partial charge is 0.479 e. The van der Waals surface area contributed by atoms with E-state index in [4.69, 9.17) is 9.84 Å². The molecule has 0 spiro atoms. The van der Waals surface area contributed by atoms with Gasteiger partial charge in [-0.1, -0.05) is 0 Å². The molecule has 20 heavy (non-hydrogen) atoms. The summed E-state index contributed by atoms with van der Waals surface area (Å²) in [4.78, 5) is 35.2. The van der Waals surface area contributed by atoms with E-state index >= 15 is 0 Å². The highest BCUT2D eigenvalue weighted by Crippen LogP contribution is 2.19. The standard InChI is InChI=1S/C12H21N3O5/c1-7(10(16)15(2)3)14-12(19)13-6-8-4-5-9(20-8)11(17)18/h7-9H,4-6H2,1-3H3,(H,17,18)(H2,13,14,19). The summed E-state index contributed by atoms with van der Waals surface area (Å²) in [6.45, 7) is 1.81. The van der Waals surface area contributed by atoms with E-state index in [9.17, 15) is 14.4 Å². The first-order chi connectivity index (χ1) is 9.31. The topological polar surface area (TPSA) is 108 Å². The van der Waals surface area contributed by atoms with Crippen molar-refractivity contribution in [1.82, 2.24) is 15.5 Å². The molecule has 0 aromatic carbocycles. The van der Waals surface area contributed by atoms with E-state index < -0.39 is 24.1 Å². The summed E-state index contributed by atoms with van der Waals surface area (Å²) >= 11 is 0. The second kappa shape index (κ2) is 7.09. The second-order valence-corrected chi connectivity index (χ2v) is 4.97. The Bertz CT molecular complexity index is 385. The van der Waals surface area contributed by atoms with Gasteiger partial charge in [-0.2, -0.15) is 0 Å². The van der Waals surface area contributed by atoms with Crippen molar-refractivity contribution in [3.05, 3.63) is 0 Å². The highest BCUT2D eigenvalue weighted by atomic mass is 16.5. The fraction of sp³-hybridized carbons (Fsp3) is 0.750. The van der Waals surface area contributed by atoms with Crippen LogP contribution in [0.15, 0.2) is 0 Å². The lowest BCUT2D eigenvalue weighted by atomic mass is 10.2. The minimum atomic E-state index is -0.984. The number of hydrogen-bond acceptors (Lipinski definition) is 4. The van der Waals surface area contributed by atoms with Crippen LogP contribution in [0.4, 0.5) is 4.79 Å². The number of carbonyl (C=O) groups is 3. The van der Waals surface area contributed by atoms with Crippen molar-refractivity contribution in [2.75, 3.05) is 20.6 Å². The van der Waals surface area contributed by atoms with Gasteiger partial charge in [0.25, 0.3) is 0 Å². The van der Waals surface area contributed by atoms with Crippen LogP contribution in [-0.4, -0.2) is 66.8 Å². The first-order valence-electron chi connectivity index (χ1n) is 6.45. The minimum Gasteiger partial charge on any atom is -0.479 e. The first-order valence-corrected chi connectivity index (χ1v) is 6.45. The maximum atomic E-state index is 11.6. The van der Waals surface area contributed by atoms with E-state index in [2.05, 4.69) is 10.6 Å². The molecule has 0 saturated carbocycles. The number of carbonyl (C=O) groups excluding carboxylic acids is 2. The predicted molar refractivity (Wildman–Crippen MR) is 70.2 cm³/mol. The van der Waals surface area contributed by atoms with E-state index in [1.165, 1.54) is 4.90 Å². The van der Waals surface area contributed by atoms with Crippen molar-refractivity contribution < 1.29 is 24.2 Å². The molecule has 3 unspecified atom stereocenters. The van der Waals surface area contributed by atoms with Crippen molar-refractivity contribution in [3.8, 4) is 0 Å². The molecule has 0 bridgehead atoms. The van der Waals surface area contributed by atoms with Crippen molar-refractivity contribution in [1.29, 1.82) is 0 Å². The molecule has 1 rings (SSSR count). The third-order valence-corrected chi connectivity index (χ3v) is 3.03. The molecule has 3 amide bonds. The lowest BCUT2D eigenvalue weighted by molar-refractivity contribution is -0.149. The number of ether oxygens (including phenoxy) is 1. The number of likely N-dealkylation sites (N-methyl/N-ethyl adjacent to an activating group) is 1. The molecular formula is C12H21N3O5. The summed E-state index contributed by atoms with van der Waals surface area (Å²) < 4.78 is 5.25. The van der Waals surface area contributed by atoms with E-state index in [1.807, 2.05) is 0 Å². The van der Waals surface area contributed by atoms with Gasteiger partial charge in [-0.3, -0.25) is 4.79 Å². The SMILES string of the molecule is CC(NC(=O)NCC1CCC(C(=O)O)O1)C(=O)N(C)C. The van der Waals surface area contributed by atoms with Crippen molar-refractivity contribution in [2.24, 2.45) is 0 Å². The predicted octanol–water partition coefficient (Wildman–Crippen LogP) is -0.605. The minimum absolute atomic E-state index is 0.205. The van der Waals surface area contributed by atoms with Crippen LogP contribution in [0.1, 0.15) is 19.8 Å². The number of urea groups is 1. The van der Waals surface area contributed by atoms with Crippen LogP contribution in [0.25, 0.3) is 0 Å². The number of rotatable bonds is 5. The number of nitrogens with zero attached hydrogens (tertiary/aromatic N) is 1. The number of carboxylic acid groups (broad SMARTS) is 1. The summed E-state index contributed by atoms with van der Waals surface area (Å²) in [5.41, 5.74) is 0. The lowest BCUT2D eigenvalue weighted by Gasteiger charge is -2.19. The Balaban J connectivity index is 2.27. The van der Waals surface area contributed by atoms with Crippen LogP contribution >= 0.6 is 0 Å². The monoisotopic (exact) mass is 287 g/mol. The molecule has 8 heteroatoms. The summed E-state index contributed by atoms with van der Waals surface area (Å²) in [6, 6.07) is -1.10. The number of nitrogens with one attached hydrogen (secondary N) is 2. The molecule has 0 radical (unpaired) electrons. The maximum Gasteiger partial charge on any atom is 0.332 e. The van der Waals surface area contributed by atoms with Gasteiger partial charge in [0.2, 0.25) is 5.91 Å². The van der Waals surface area contributed by atoms with Crippen LogP contribution < -0.4 is 10.6 Å². The van der Waals surface area contributed by atoms with Gasteiger partial charge in [0.15, 0.2) is 6.10 Å². The van der Waals surface area contributed by atoms with E-state index in [0.29, 0.717) is 12.8 Å². The van der Waals surface area contributed by atoms with Gasteiger partial charge in [0.1, 0.15) is 6.04 Å². The summed E-state index contributed by atoms with van der Waals surface area (Å²) in [6.07, 6.45) is -0.0665. The zero-order valence-electron chi connectivity index (χ0n) is 11.9. The Kier molecular flexibility index (Phi) is 5.75. The van der Waals surface area contributed by atoms with Gasteiger partial charge in [0, 0.05) is 20.6 Å². The highest BCUT2D eigenvalue weighted by molar-refractivity contribution is 5.86. The Morgan fingerprint density at radius 1 is 1.35 bits per heavy atom. The van der Waals surface area contributed by atoms with Gasteiger partial charge in [0.05, 0.1) is 6.10 Å². The van der Waals surface area contributed by atoms with Crippen LogP contribution in [0, 0.1) is 0 Å². The number of hydrogen-bond donors (Lipinski definition) is 3. The van der Waals surface area contributed by atoms with Crippen molar-refractivity contribution in [2.45, 2.75) is 38.0 Å². The molecule has 0 aromatic rings. The average Bonchev–Trinajstić information content (AvgIpc) is 2.84. The van der Waals surface area contributed by atoms with Gasteiger partial charge < -0.3 is 25.4 Å². The number of aliphatic carboxylic acids is 1.